The largest absolute Gasteiger partial charge is 0.478 e. The Bertz CT molecular complexity index is 679. The standard InChI is InChI=1S/C14H10BrNO3S/c15-11-4-2-1-3-9(11)5-6-12(17)16-13-10(14(18)19)7-8-20-13/h1-8H,(H,16,17)(H,18,19)/b6-5+. The lowest BCUT2D eigenvalue weighted by Crippen LogP contribution is -2.09. The van der Waals surface area contributed by atoms with Crippen molar-refractivity contribution in [3.63, 3.8) is 0 Å². The molecule has 2 rings (SSSR count). The molecule has 0 aliphatic carbocycles. The summed E-state index contributed by atoms with van der Waals surface area (Å²) in [4.78, 5) is 22.7. The predicted molar refractivity (Wildman–Crippen MR) is 83.1 cm³/mol. The highest BCUT2D eigenvalue weighted by atomic mass is 79.9. The number of carboxylic acids is 1. The van der Waals surface area contributed by atoms with E-state index in [0.717, 1.165) is 10.0 Å². The van der Waals surface area contributed by atoms with Crippen LogP contribution in [0.15, 0.2) is 46.3 Å². The van der Waals surface area contributed by atoms with Gasteiger partial charge in [-0.3, -0.25) is 4.79 Å². The van der Waals surface area contributed by atoms with Crippen LogP contribution in [0.4, 0.5) is 5.00 Å². The summed E-state index contributed by atoms with van der Waals surface area (Å²) in [6, 6.07) is 8.94. The fourth-order valence-electron chi connectivity index (χ4n) is 1.50. The summed E-state index contributed by atoms with van der Waals surface area (Å²) in [7, 11) is 0. The van der Waals surface area contributed by atoms with Gasteiger partial charge in [-0.2, -0.15) is 0 Å². The maximum absolute atomic E-state index is 11.8. The lowest BCUT2D eigenvalue weighted by atomic mass is 10.2. The molecule has 0 bridgehead atoms. The Hall–Kier alpha value is -1.92. The number of benzene rings is 1. The highest BCUT2D eigenvalue weighted by Gasteiger charge is 2.12. The molecular formula is C14H10BrNO3S. The number of carboxylic acid groups (broad SMARTS) is 1. The molecule has 0 aliphatic heterocycles. The topological polar surface area (TPSA) is 66.4 Å². The number of amides is 1. The van der Waals surface area contributed by atoms with Crippen molar-refractivity contribution in [2.24, 2.45) is 0 Å². The number of hydrogen-bond donors (Lipinski definition) is 2. The second-order valence-corrected chi connectivity index (χ2v) is 5.58. The molecule has 0 atom stereocenters. The fourth-order valence-corrected chi connectivity index (χ4v) is 2.70. The van der Waals surface area contributed by atoms with Gasteiger partial charge in [-0.25, -0.2) is 4.79 Å². The van der Waals surface area contributed by atoms with Gasteiger partial charge in [0.05, 0.1) is 5.56 Å². The zero-order valence-electron chi connectivity index (χ0n) is 10.2. The second-order valence-electron chi connectivity index (χ2n) is 3.81. The number of thiophene rings is 1. The lowest BCUT2D eigenvalue weighted by molar-refractivity contribution is -0.111. The second kappa shape index (κ2) is 6.49. The maximum atomic E-state index is 11.8. The smallest absolute Gasteiger partial charge is 0.338 e. The van der Waals surface area contributed by atoms with Crippen LogP contribution >= 0.6 is 27.3 Å². The maximum Gasteiger partial charge on any atom is 0.338 e. The first-order valence-electron chi connectivity index (χ1n) is 5.62. The van der Waals surface area contributed by atoms with Crippen LogP contribution in [0.25, 0.3) is 6.08 Å². The molecule has 0 unspecified atom stereocenters. The SMILES string of the molecule is O=C(/C=C/c1ccccc1Br)Nc1sccc1C(=O)O. The molecule has 1 aromatic heterocycles. The molecule has 1 aromatic carbocycles. The third kappa shape index (κ3) is 3.55. The molecule has 1 amide bonds. The number of carbonyl (C=O) groups excluding carboxylic acids is 1. The zero-order valence-corrected chi connectivity index (χ0v) is 12.6. The summed E-state index contributed by atoms with van der Waals surface area (Å²) in [5, 5.41) is 13.5. The third-order valence-corrected chi connectivity index (χ3v) is 4.00. The molecule has 0 aliphatic rings. The van der Waals surface area contributed by atoms with Gasteiger partial charge in [0.15, 0.2) is 0 Å². The van der Waals surface area contributed by atoms with E-state index in [1.165, 1.54) is 23.5 Å². The normalized spacial score (nSPS) is 10.7. The van der Waals surface area contributed by atoms with Gasteiger partial charge in [0.1, 0.15) is 5.00 Å². The molecule has 2 aromatic rings. The monoisotopic (exact) mass is 351 g/mol. The van der Waals surface area contributed by atoms with Crippen LogP contribution < -0.4 is 5.32 Å². The Morgan fingerprint density at radius 2 is 2.00 bits per heavy atom. The van der Waals surface area contributed by atoms with Crippen LogP contribution in [0, 0.1) is 0 Å². The van der Waals surface area contributed by atoms with Gasteiger partial charge in [-0.1, -0.05) is 34.1 Å². The van der Waals surface area contributed by atoms with Gasteiger partial charge in [-0.05, 0) is 29.2 Å². The first-order chi connectivity index (χ1) is 9.58. The van der Waals surface area contributed by atoms with E-state index >= 15 is 0 Å². The lowest BCUT2D eigenvalue weighted by Gasteiger charge is -2.01. The van der Waals surface area contributed by atoms with E-state index in [1.54, 1.807) is 11.5 Å². The average Bonchev–Trinajstić information content (AvgIpc) is 2.86. The van der Waals surface area contributed by atoms with Crippen LogP contribution in [-0.2, 0) is 4.79 Å². The molecule has 0 radical (unpaired) electrons. The summed E-state index contributed by atoms with van der Waals surface area (Å²) in [5.41, 5.74) is 0.963. The van der Waals surface area contributed by atoms with Crippen LogP contribution in [0.1, 0.15) is 15.9 Å². The molecule has 2 N–H and O–H groups in total. The van der Waals surface area contributed by atoms with E-state index in [9.17, 15) is 9.59 Å². The minimum absolute atomic E-state index is 0.0950. The average molecular weight is 352 g/mol. The van der Waals surface area contributed by atoms with Crippen molar-refractivity contribution in [2.75, 3.05) is 5.32 Å². The summed E-state index contributed by atoms with van der Waals surface area (Å²) in [5.74, 6) is -1.43. The molecule has 0 spiro atoms. The quantitative estimate of drug-likeness (QED) is 0.821. The van der Waals surface area contributed by atoms with Crippen molar-refractivity contribution in [1.29, 1.82) is 0 Å². The van der Waals surface area contributed by atoms with Crippen molar-refractivity contribution < 1.29 is 14.7 Å². The minimum atomic E-state index is -1.06. The van der Waals surface area contributed by atoms with E-state index in [2.05, 4.69) is 21.2 Å². The van der Waals surface area contributed by atoms with Gasteiger partial charge in [-0.15, -0.1) is 11.3 Å². The molecule has 20 heavy (non-hydrogen) atoms. The molecule has 0 fully saturated rings. The number of hydrogen-bond acceptors (Lipinski definition) is 3. The van der Waals surface area contributed by atoms with Crippen molar-refractivity contribution >= 4 is 50.2 Å². The molecular weight excluding hydrogens is 342 g/mol. The predicted octanol–water partition coefficient (Wildman–Crippen LogP) is 3.86. The van der Waals surface area contributed by atoms with Crippen LogP contribution in [0.3, 0.4) is 0 Å². The number of halogens is 1. The van der Waals surface area contributed by atoms with Crippen molar-refractivity contribution in [3.8, 4) is 0 Å². The van der Waals surface area contributed by atoms with Gasteiger partial charge in [0, 0.05) is 10.5 Å². The Labute approximate surface area is 127 Å². The van der Waals surface area contributed by atoms with Crippen molar-refractivity contribution in [3.05, 3.63) is 57.4 Å². The zero-order chi connectivity index (χ0) is 14.5. The first-order valence-corrected chi connectivity index (χ1v) is 7.29. The number of carbonyl (C=O) groups is 2. The molecule has 6 heteroatoms. The Balaban J connectivity index is 2.08. The summed E-state index contributed by atoms with van der Waals surface area (Å²) < 4.78 is 0.881. The molecule has 1 heterocycles. The Kier molecular flexibility index (Phi) is 4.70. The van der Waals surface area contributed by atoms with E-state index in [1.807, 2.05) is 24.3 Å². The van der Waals surface area contributed by atoms with Gasteiger partial charge in [0.25, 0.3) is 0 Å². The van der Waals surface area contributed by atoms with Crippen LogP contribution in [-0.4, -0.2) is 17.0 Å². The van der Waals surface area contributed by atoms with E-state index < -0.39 is 5.97 Å². The summed E-state index contributed by atoms with van der Waals surface area (Å²) in [6.45, 7) is 0. The highest BCUT2D eigenvalue weighted by Crippen LogP contribution is 2.23. The molecule has 0 saturated carbocycles. The Morgan fingerprint density at radius 3 is 2.70 bits per heavy atom. The summed E-state index contributed by atoms with van der Waals surface area (Å²) >= 11 is 4.55. The van der Waals surface area contributed by atoms with Gasteiger partial charge < -0.3 is 10.4 Å². The molecule has 4 nitrogen and oxygen atoms in total. The highest BCUT2D eigenvalue weighted by molar-refractivity contribution is 9.10. The van der Waals surface area contributed by atoms with Crippen LogP contribution in [0.2, 0.25) is 0 Å². The van der Waals surface area contributed by atoms with Crippen molar-refractivity contribution in [2.45, 2.75) is 0 Å². The van der Waals surface area contributed by atoms with E-state index in [-0.39, 0.29) is 11.5 Å². The summed E-state index contributed by atoms with van der Waals surface area (Å²) in [6.07, 6.45) is 3.03. The fraction of sp³-hybridized carbons (Fsp3) is 0. The number of nitrogens with one attached hydrogen (secondary N) is 1. The first kappa shape index (κ1) is 14.5. The van der Waals surface area contributed by atoms with Crippen LogP contribution in [0.5, 0.6) is 0 Å². The third-order valence-electron chi connectivity index (χ3n) is 2.45. The minimum Gasteiger partial charge on any atom is -0.478 e. The Morgan fingerprint density at radius 1 is 1.25 bits per heavy atom. The molecule has 102 valence electrons. The molecule has 0 saturated heterocycles. The van der Waals surface area contributed by atoms with Gasteiger partial charge >= 0.3 is 5.97 Å². The van der Waals surface area contributed by atoms with E-state index in [0.29, 0.717) is 5.00 Å². The van der Waals surface area contributed by atoms with Gasteiger partial charge in [0.2, 0.25) is 5.91 Å². The number of anilines is 1. The van der Waals surface area contributed by atoms with Crippen molar-refractivity contribution in [1.82, 2.24) is 0 Å². The number of rotatable bonds is 4. The number of aromatic carboxylic acids is 1. The van der Waals surface area contributed by atoms with E-state index in [4.69, 9.17) is 5.11 Å².